The molecular formula is C23H18N4O3S. The number of primary amides is 1. The zero-order valence-corrected chi connectivity index (χ0v) is 17.1. The Hall–Kier alpha value is -4.04. The minimum atomic E-state index is -0.560. The Bertz CT molecular complexity index is 1220. The first-order valence-corrected chi connectivity index (χ1v) is 10.2. The molecular weight excluding hydrogens is 412 g/mol. The summed E-state index contributed by atoms with van der Waals surface area (Å²) in [4.78, 5) is 24.2. The molecule has 2 amide bonds. The minimum Gasteiger partial charge on any atom is -0.488 e. The van der Waals surface area contributed by atoms with E-state index in [1.807, 2.05) is 36.4 Å². The van der Waals surface area contributed by atoms with Crippen molar-refractivity contribution in [2.75, 3.05) is 5.32 Å². The number of para-hydroxylation sites is 1. The Kier molecular flexibility index (Phi) is 6.00. The Balaban J connectivity index is 1.43. The molecule has 3 N–H and O–H groups in total. The molecule has 0 saturated heterocycles. The van der Waals surface area contributed by atoms with Crippen LogP contribution in [0.1, 0.15) is 26.3 Å². The second-order valence-electron chi connectivity index (χ2n) is 6.58. The lowest BCUT2D eigenvalue weighted by atomic mass is 10.1. The molecule has 1 heterocycles. The van der Waals surface area contributed by atoms with Gasteiger partial charge in [0.05, 0.1) is 5.56 Å². The van der Waals surface area contributed by atoms with Gasteiger partial charge in [-0.3, -0.25) is 14.9 Å². The number of amides is 2. The molecule has 0 aliphatic rings. The van der Waals surface area contributed by atoms with E-state index in [1.54, 1.807) is 42.5 Å². The number of nitrogens with one attached hydrogen (secondary N) is 1. The zero-order chi connectivity index (χ0) is 21.6. The van der Waals surface area contributed by atoms with Crippen molar-refractivity contribution in [3.05, 3.63) is 95.6 Å². The van der Waals surface area contributed by atoms with E-state index in [1.165, 1.54) is 11.3 Å². The van der Waals surface area contributed by atoms with Crippen LogP contribution >= 0.6 is 11.3 Å². The number of hydrogen-bond acceptors (Lipinski definition) is 6. The lowest BCUT2D eigenvalue weighted by molar-refractivity contribution is 0.0994. The summed E-state index contributed by atoms with van der Waals surface area (Å²) in [5.41, 5.74) is 7.86. The molecule has 1 aromatic heterocycles. The van der Waals surface area contributed by atoms with Gasteiger partial charge in [0.1, 0.15) is 17.4 Å². The van der Waals surface area contributed by atoms with Crippen LogP contribution in [-0.4, -0.2) is 22.0 Å². The molecule has 0 bridgehead atoms. The molecule has 0 unspecified atom stereocenters. The van der Waals surface area contributed by atoms with E-state index in [0.717, 1.165) is 16.1 Å². The fourth-order valence-corrected chi connectivity index (χ4v) is 3.64. The Morgan fingerprint density at radius 1 is 0.935 bits per heavy atom. The van der Waals surface area contributed by atoms with Gasteiger partial charge in [0.15, 0.2) is 0 Å². The summed E-state index contributed by atoms with van der Waals surface area (Å²) >= 11 is 1.30. The smallest absolute Gasteiger partial charge is 0.257 e. The number of carbonyl (C=O) groups is 2. The molecule has 0 radical (unpaired) electrons. The van der Waals surface area contributed by atoms with E-state index in [2.05, 4.69) is 15.5 Å². The van der Waals surface area contributed by atoms with Crippen molar-refractivity contribution in [1.82, 2.24) is 10.2 Å². The molecule has 31 heavy (non-hydrogen) atoms. The summed E-state index contributed by atoms with van der Waals surface area (Å²) in [6.07, 6.45) is 0. The summed E-state index contributed by atoms with van der Waals surface area (Å²) in [6.45, 7) is 0.183. The molecule has 0 aliphatic carbocycles. The van der Waals surface area contributed by atoms with Crippen molar-refractivity contribution in [3.8, 4) is 16.3 Å². The van der Waals surface area contributed by atoms with Gasteiger partial charge >= 0.3 is 0 Å². The van der Waals surface area contributed by atoms with Gasteiger partial charge in [0, 0.05) is 11.1 Å². The van der Waals surface area contributed by atoms with Crippen LogP contribution in [-0.2, 0) is 6.61 Å². The highest BCUT2D eigenvalue weighted by Crippen LogP contribution is 2.26. The number of carbonyl (C=O) groups excluding carboxylic acids is 2. The number of aromatic nitrogens is 2. The molecule has 0 saturated carbocycles. The van der Waals surface area contributed by atoms with Gasteiger partial charge in [0.2, 0.25) is 5.13 Å². The van der Waals surface area contributed by atoms with E-state index >= 15 is 0 Å². The number of hydrogen-bond donors (Lipinski definition) is 2. The van der Waals surface area contributed by atoms with Gasteiger partial charge < -0.3 is 10.5 Å². The largest absolute Gasteiger partial charge is 0.488 e. The van der Waals surface area contributed by atoms with Crippen molar-refractivity contribution < 1.29 is 14.3 Å². The monoisotopic (exact) mass is 430 g/mol. The van der Waals surface area contributed by atoms with Gasteiger partial charge in [-0.15, -0.1) is 10.2 Å². The van der Waals surface area contributed by atoms with Crippen molar-refractivity contribution in [2.24, 2.45) is 5.73 Å². The van der Waals surface area contributed by atoms with E-state index in [4.69, 9.17) is 10.5 Å². The number of anilines is 1. The summed E-state index contributed by atoms with van der Waals surface area (Å²) in [5, 5.41) is 12.1. The molecule has 0 fully saturated rings. The molecule has 3 aromatic carbocycles. The third-order valence-electron chi connectivity index (χ3n) is 4.40. The van der Waals surface area contributed by atoms with Gasteiger partial charge in [-0.2, -0.15) is 0 Å². The molecule has 8 heteroatoms. The van der Waals surface area contributed by atoms with Crippen LogP contribution in [0.5, 0.6) is 5.75 Å². The quantitative estimate of drug-likeness (QED) is 0.458. The molecule has 0 aliphatic heterocycles. The van der Waals surface area contributed by atoms with Crippen molar-refractivity contribution in [3.63, 3.8) is 0 Å². The molecule has 154 valence electrons. The summed E-state index contributed by atoms with van der Waals surface area (Å²) in [5.74, 6) is -0.460. The molecule has 7 nitrogen and oxygen atoms in total. The van der Waals surface area contributed by atoms with Crippen LogP contribution in [0, 0.1) is 0 Å². The highest BCUT2D eigenvalue weighted by atomic mass is 32.1. The maximum absolute atomic E-state index is 12.7. The lowest BCUT2D eigenvalue weighted by Crippen LogP contribution is -2.13. The first-order valence-electron chi connectivity index (χ1n) is 9.41. The standard InChI is InChI=1S/C23H18N4O3S/c24-20(28)18-11-4-5-12-19(18)30-14-15-7-6-10-17(13-15)21(29)25-23-27-26-22(31-23)16-8-2-1-3-9-16/h1-13H,14H2,(H2,24,28)(H,25,27,29). The van der Waals surface area contributed by atoms with Crippen molar-refractivity contribution >= 4 is 28.3 Å². The molecule has 4 aromatic rings. The van der Waals surface area contributed by atoms with Crippen molar-refractivity contribution in [1.29, 1.82) is 0 Å². The van der Waals surface area contributed by atoms with Gasteiger partial charge in [-0.1, -0.05) is 65.9 Å². The highest BCUT2D eigenvalue weighted by molar-refractivity contribution is 7.18. The van der Waals surface area contributed by atoms with E-state index in [0.29, 0.717) is 22.0 Å². The predicted molar refractivity (Wildman–Crippen MR) is 119 cm³/mol. The van der Waals surface area contributed by atoms with Crippen LogP contribution in [0.15, 0.2) is 78.9 Å². The molecule has 4 rings (SSSR count). The predicted octanol–water partition coefficient (Wildman–Crippen LogP) is 4.14. The van der Waals surface area contributed by atoms with Gasteiger partial charge in [-0.25, -0.2) is 0 Å². The average molecular weight is 430 g/mol. The summed E-state index contributed by atoms with van der Waals surface area (Å²) < 4.78 is 5.74. The van der Waals surface area contributed by atoms with Crippen molar-refractivity contribution in [2.45, 2.75) is 6.61 Å². The molecule has 0 atom stereocenters. The number of benzene rings is 3. The first kappa shape index (κ1) is 20.2. The van der Waals surface area contributed by atoms with Crippen LogP contribution < -0.4 is 15.8 Å². The minimum absolute atomic E-state index is 0.183. The van der Waals surface area contributed by atoms with E-state index in [-0.39, 0.29) is 12.5 Å². The van der Waals surface area contributed by atoms with Crippen LogP contribution in [0.25, 0.3) is 10.6 Å². The van der Waals surface area contributed by atoms with Gasteiger partial charge in [0.25, 0.3) is 11.8 Å². The first-order chi connectivity index (χ1) is 15.1. The summed E-state index contributed by atoms with van der Waals surface area (Å²) in [7, 11) is 0. The molecule has 0 spiro atoms. The highest BCUT2D eigenvalue weighted by Gasteiger charge is 2.13. The third-order valence-corrected chi connectivity index (χ3v) is 5.29. The maximum Gasteiger partial charge on any atom is 0.257 e. The van der Waals surface area contributed by atoms with Crippen LogP contribution in [0.3, 0.4) is 0 Å². The third kappa shape index (κ3) is 4.93. The number of nitrogens with zero attached hydrogens (tertiary/aromatic N) is 2. The Morgan fingerprint density at radius 2 is 1.71 bits per heavy atom. The fraction of sp³-hybridized carbons (Fsp3) is 0.0435. The SMILES string of the molecule is NC(=O)c1ccccc1OCc1cccc(C(=O)Nc2nnc(-c3ccccc3)s2)c1. The number of nitrogens with two attached hydrogens (primary N) is 1. The van der Waals surface area contributed by atoms with E-state index in [9.17, 15) is 9.59 Å². The van der Waals surface area contributed by atoms with Crippen LogP contribution in [0.2, 0.25) is 0 Å². The topological polar surface area (TPSA) is 107 Å². The number of rotatable bonds is 7. The Morgan fingerprint density at radius 3 is 2.52 bits per heavy atom. The second kappa shape index (κ2) is 9.19. The fourth-order valence-electron chi connectivity index (χ4n) is 2.90. The normalized spacial score (nSPS) is 10.5. The van der Waals surface area contributed by atoms with Crippen LogP contribution in [0.4, 0.5) is 5.13 Å². The van der Waals surface area contributed by atoms with Gasteiger partial charge in [-0.05, 0) is 29.8 Å². The lowest BCUT2D eigenvalue weighted by Gasteiger charge is -2.10. The second-order valence-corrected chi connectivity index (χ2v) is 7.56. The van der Waals surface area contributed by atoms with E-state index < -0.39 is 5.91 Å². The zero-order valence-electron chi connectivity index (χ0n) is 16.3. The number of ether oxygens (including phenoxy) is 1. The maximum atomic E-state index is 12.7. The summed E-state index contributed by atoms with van der Waals surface area (Å²) in [6, 6.07) is 23.4. The average Bonchev–Trinajstić information content (AvgIpc) is 3.27. The Labute approximate surface area is 182 Å².